The average Bonchev–Trinajstić information content (AvgIpc) is 3.01. The fraction of sp³-hybridized carbons (Fsp3) is 0.538. The number of sulfonamides is 1. The minimum atomic E-state index is -3.58. The summed E-state index contributed by atoms with van der Waals surface area (Å²) in [5.41, 5.74) is 1.00. The van der Waals surface area contributed by atoms with E-state index in [1.165, 1.54) is 11.3 Å². The Morgan fingerprint density at radius 1 is 1.33 bits per heavy atom. The summed E-state index contributed by atoms with van der Waals surface area (Å²) in [6, 6.07) is 0. The smallest absolute Gasteiger partial charge is 0.244 e. The van der Waals surface area contributed by atoms with Gasteiger partial charge in [-0.15, -0.1) is 10.2 Å². The molecule has 3 heterocycles. The standard InChI is InChI=1S/C13H17N7O2S2/c1-7-11(8(2)16-15-7)24(21,22)14-6-5-10-19-20-12(9-3-4-9)17-18-13(20)23-10/h9,14H,3-6H2,1-2H3,(H,15,16). The van der Waals surface area contributed by atoms with Crippen molar-refractivity contribution in [3.05, 3.63) is 22.2 Å². The molecule has 1 aliphatic rings. The molecular weight excluding hydrogens is 350 g/mol. The Morgan fingerprint density at radius 3 is 2.79 bits per heavy atom. The lowest BCUT2D eigenvalue weighted by Gasteiger charge is -2.05. The lowest BCUT2D eigenvalue weighted by molar-refractivity contribution is 0.580. The van der Waals surface area contributed by atoms with Gasteiger partial charge in [-0.25, -0.2) is 13.1 Å². The Hall–Kier alpha value is -1.85. The van der Waals surface area contributed by atoms with Crippen molar-refractivity contribution < 1.29 is 8.42 Å². The Kier molecular flexibility index (Phi) is 3.66. The van der Waals surface area contributed by atoms with Crippen LogP contribution in [0.15, 0.2) is 4.90 Å². The number of H-pyrrole nitrogens is 1. The maximum Gasteiger partial charge on any atom is 0.244 e. The van der Waals surface area contributed by atoms with Gasteiger partial charge in [0.25, 0.3) is 0 Å². The fourth-order valence-corrected chi connectivity index (χ4v) is 4.91. The number of aromatic amines is 1. The molecule has 0 bridgehead atoms. The molecule has 3 aromatic rings. The lowest BCUT2D eigenvalue weighted by Crippen LogP contribution is -2.26. The number of nitrogens with zero attached hydrogens (tertiary/aromatic N) is 5. The fourth-order valence-electron chi connectivity index (χ4n) is 2.67. The van der Waals surface area contributed by atoms with E-state index in [-0.39, 0.29) is 11.4 Å². The lowest BCUT2D eigenvalue weighted by atomic mass is 10.4. The summed E-state index contributed by atoms with van der Waals surface area (Å²) in [6.07, 6.45) is 2.78. The topological polar surface area (TPSA) is 118 Å². The normalized spacial score (nSPS) is 15.4. The van der Waals surface area contributed by atoms with E-state index in [0.717, 1.165) is 28.6 Å². The molecule has 2 N–H and O–H groups in total. The van der Waals surface area contributed by atoms with Crippen LogP contribution >= 0.6 is 11.3 Å². The molecule has 0 spiro atoms. The predicted molar refractivity (Wildman–Crippen MR) is 87.6 cm³/mol. The van der Waals surface area contributed by atoms with Crippen LogP contribution in [0, 0.1) is 13.8 Å². The van der Waals surface area contributed by atoms with Crippen LogP contribution in [0.25, 0.3) is 4.96 Å². The van der Waals surface area contributed by atoms with E-state index in [9.17, 15) is 8.42 Å². The molecule has 9 nitrogen and oxygen atoms in total. The van der Waals surface area contributed by atoms with Crippen molar-refractivity contribution in [2.24, 2.45) is 0 Å². The van der Waals surface area contributed by atoms with Crippen LogP contribution in [-0.4, -0.2) is 45.0 Å². The number of hydrogen-bond acceptors (Lipinski definition) is 7. The van der Waals surface area contributed by atoms with Gasteiger partial charge in [-0.2, -0.15) is 14.7 Å². The number of hydrogen-bond donors (Lipinski definition) is 2. The number of nitrogens with one attached hydrogen (secondary N) is 2. The Morgan fingerprint density at radius 2 is 2.12 bits per heavy atom. The molecule has 3 aromatic heterocycles. The molecule has 0 atom stereocenters. The molecule has 0 aromatic carbocycles. The Labute approximate surface area is 142 Å². The minimum Gasteiger partial charge on any atom is -0.281 e. The molecule has 1 saturated carbocycles. The van der Waals surface area contributed by atoms with Crippen LogP contribution in [0.1, 0.15) is 41.0 Å². The van der Waals surface area contributed by atoms with Crippen molar-refractivity contribution >= 4 is 26.3 Å². The molecule has 1 fully saturated rings. The van der Waals surface area contributed by atoms with Crippen molar-refractivity contribution in [1.29, 1.82) is 0 Å². The second kappa shape index (κ2) is 5.60. The summed E-state index contributed by atoms with van der Waals surface area (Å²) < 4.78 is 29.2. The molecule has 11 heteroatoms. The molecule has 4 rings (SSSR count). The third-order valence-electron chi connectivity index (χ3n) is 3.96. The monoisotopic (exact) mass is 367 g/mol. The predicted octanol–water partition coefficient (Wildman–Crippen LogP) is 0.924. The van der Waals surface area contributed by atoms with Crippen LogP contribution in [0.4, 0.5) is 0 Å². The zero-order valence-corrected chi connectivity index (χ0v) is 14.9. The summed E-state index contributed by atoms with van der Waals surface area (Å²) >= 11 is 1.44. The largest absolute Gasteiger partial charge is 0.281 e. The maximum absolute atomic E-state index is 12.4. The van der Waals surface area contributed by atoms with Crippen molar-refractivity contribution in [1.82, 2.24) is 34.7 Å². The van der Waals surface area contributed by atoms with E-state index in [0.29, 0.717) is 23.7 Å². The Balaban J connectivity index is 1.45. The number of aromatic nitrogens is 6. The van der Waals surface area contributed by atoms with Gasteiger partial charge < -0.3 is 0 Å². The Bertz CT molecular complexity index is 978. The van der Waals surface area contributed by atoms with Crippen LogP contribution in [0.3, 0.4) is 0 Å². The maximum atomic E-state index is 12.4. The summed E-state index contributed by atoms with van der Waals surface area (Å²) in [6.45, 7) is 3.63. The van der Waals surface area contributed by atoms with Gasteiger partial charge in [0.2, 0.25) is 15.0 Å². The highest BCUT2D eigenvalue weighted by Gasteiger charge is 2.30. The molecule has 128 valence electrons. The highest BCUT2D eigenvalue weighted by Crippen LogP contribution is 2.39. The zero-order chi connectivity index (χ0) is 16.9. The van der Waals surface area contributed by atoms with Gasteiger partial charge in [0.1, 0.15) is 9.90 Å². The number of fused-ring (bicyclic) bond motifs is 1. The van der Waals surface area contributed by atoms with Crippen molar-refractivity contribution in [3.8, 4) is 0 Å². The van der Waals surface area contributed by atoms with Gasteiger partial charge in [-0.3, -0.25) is 5.10 Å². The van der Waals surface area contributed by atoms with Crippen molar-refractivity contribution in [2.75, 3.05) is 6.54 Å². The minimum absolute atomic E-state index is 0.219. The van der Waals surface area contributed by atoms with Gasteiger partial charge in [0, 0.05) is 18.9 Å². The van der Waals surface area contributed by atoms with Crippen LogP contribution in [0.5, 0.6) is 0 Å². The van der Waals surface area contributed by atoms with E-state index in [1.54, 1.807) is 18.4 Å². The quantitative estimate of drug-likeness (QED) is 0.669. The van der Waals surface area contributed by atoms with Crippen molar-refractivity contribution in [2.45, 2.75) is 43.9 Å². The van der Waals surface area contributed by atoms with E-state index < -0.39 is 10.0 Å². The van der Waals surface area contributed by atoms with Crippen LogP contribution in [0.2, 0.25) is 0 Å². The highest BCUT2D eigenvalue weighted by atomic mass is 32.2. The second-order valence-electron chi connectivity index (χ2n) is 5.93. The molecule has 1 aliphatic carbocycles. The third-order valence-corrected chi connectivity index (χ3v) is 6.64. The van der Waals surface area contributed by atoms with Gasteiger partial charge in [0.15, 0.2) is 5.82 Å². The molecule has 0 amide bonds. The second-order valence-corrected chi connectivity index (χ2v) is 8.68. The third kappa shape index (κ3) is 2.72. The first-order valence-corrected chi connectivity index (χ1v) is 9.98. The van der Waals surface area contributed by atoms with Crippen LogP contribution < -0.4 is 4.72 Å². The number of aryl methyl sites for hydroxylation is 2. The van der Waals surface area contributed by atoms with E-state index in [1.807, 2.05) is 0 Å². The first-order chi connectivity index (χ1) is 11.5. The van der Waals surface area contributed by atoms with Crippen molar-refractivity contribution in [3.63, 3.8) is 0 Å². The summed E-state index contributed by atoms with van der Waals surface area (Å²) in [4.78, 5) is 0.980. The SMILES string of the molecule is Cc1n[nH]c(C)c1S(=O)(=O)NCCc1nn2c(C3CC3)nnc2s1. The van der Waals surface area contributed by atoms with Crippen LogP contribution in [-0.2, 0) is 16.4 Å². The summed E-state index contributed by atoms with van der Waals surface area (Å²) in [5.74, 6) is 1.39. The van der Waals surface area contributed by atoms with Gasteiger partial charge in [0.05, 0.1) is 11.4 Å². The van der Waals surface area contributed by atoms with E-state index >= 15 is 0 Å². The van der Waals surface area contributed by atoms with E-state index in [4.69, 9.17) is 0 Å². The molecule has 0 radical (unpaired) electrons. The zero-order valence-electron chi connectivity index (χ0n) is 13.3. The van der Waals surface area contributed by atoms with E-state index in [2.05, 4.69) is 30.2 Å². The molecule has 0 saturated heterocycles. The molecule has 0 unspecified atom stereocenters. The van der Waals surface area contributed by atoms with Gasteiger partial charge in [-0.1, -0.05) is 11.3 Å². The number of rotatable bonds is 6. The molecular formula is C13H17N7O2S2. The first kappa shape index (κ1) is 15.7. The summed E-state index contributed by atoms with van der Waals surface area (Å²) in [7, 11) is -3.58. The molecule has 0 aliphatic heterocycles. The first-order valence-electron chi connectivity index (χ1n) is 7.68. The highest BCUT2D eigenvalue weighted by molar-refractivity contribution is 7.89. The van der Waals surface area contributed by atoms with Gasteiger partial charge in [-0.05, 0) is 26.7 Å². The van der Waals surface area contributed by atoms with Gasteiger partial charge >= 0.3 is 0 Å². The molecule has 24 heavy (non-hydrogen) atoms. The average molecular weight is 367 g/mol. The summed E-state index contributed by atoms with van der Waals surface area (Å²) in [5, 5.41) is 20.3.